The average molecular weight is 910 g/mol. The maximum Gasteiger partial charge on any atom is 0.523 e. The molecule has 0 unspecified atom stereocenters. The molecule has 0 aromatic carbocycles. The Balaban J connectivity index is -0.000000663. The van der Waals surface area contributed by atoms with Crippen LogP contribution in [0.1, 0.15) is 108 Å². The SMILES string of the molecule is CC(C)(C)C(=O)[O-].CC(C)(C)C(=O)[O-].ClCCl.ClCCl.Cn1cncc1C1=[N+]([O-])C(C)(C)C(C)(C)[N+]1=O.Cn1cncc1C1=[N+]([O-])C(C)(C)C(C)(C)[N+]1=O.[Cu]. The number of carboxylic acids is 2. The van der Waals surface area contributed by atoms with Gasteiger partial charge in [-0.1, -0.05) is 41.5 Å². The number of halogens is 4. The molecular formula is C34H56Cl4CuN8O8. The molecule has 0 amide bonds. The van der Waals surface area contributed by atoms with Gasteiger partial charge in [-0.15, -0.1) is 55.9 Å². The number of hydrogen-bond acceptors (Lipinski definition) is 10. The first-order valence-electron chi connectivity index (χ1n) is 16.4. The maximum absolute atomic E-state index is 12.3. The third-order valence-corrected chi connectivity index (χ3v) is 9.11. The van der Waals surface area contributed by atoms with Crippen molar-refractivity contribution in [3.63, 3.8) is 0 Å². The number of carbonyl (C=O) groups excluding carboxylic acids is 2. The van der Waals surface area contributed by atoms with E-state index in [-0.39, 0.29) is 39.4 Å². The zero-order valence-electron chi connectivity index (χ0n) is 34.4. The fourth-order valence-corrected chi connectivity index (χ4v) is 3.78. The van der Waals surface area contributed by atoms with E-state index in [9.17, 15) is 40.0 Å². The molecule has 4 rings (SSSR count). The van der Waals surface area contributed by atoms with Crippen LogP contribution in [0, 0.1) is 31.1 Å². The molecule has 0 atom stereocenters. The second kappa shape index (κ2) is 21.6. The van der Waals surface area contributed by atoms with Gasteiger partial charge in [0.1, 0.15) is 9.52 Å². The number of aryl methyl sites for hydroxylation is 2. The van der Waals surface area contributed by atoms with Gasteiger partial charge in [0.25, 0.3) is 11.1 Å². The van der Waals surface area contributed by atoms with Gasteiger partial charge in [0.05, 0.1) is 35.7 Å². The molecule has 2 aliphatic rings. The molecule has 0 N–H and O–H groups in total. The van der Waals surface area contributed by atoms with Crippen LogP contribution in [0.25, 0.3) is 0 Å². The standard InChI is InChI=1S/2C11H17N4O2.2C5H10O2.2CH2Cl2.Cu/c2*1-10(2)11(3,4)15(17)9(14(10)16)8-6-12-7-13(8)5;2*1-5(2,3)4(6)7;2*2-1-3;/h2*6-7H,1-5H3;2*1-3H3,(H,6,7);2*1H2;/q2*+1;;;;;/p-2. The van der Waals surface area contributed by atoms with E-state index in [4.69, 9.17) is 46.4 Å². The van der Waals surface area contributed by atoms with Gasteiger partial charge >= 0.3 is 11.7 Å². The number of alkyl halides is 4. The Morgan fingerprint density at radius 3 is 0.927 bits per heavy atom. The predicted molar refractivity (Wildman–Crippen MR) is 208 cm³/mol. The first-order valence-corrected chi connectivity index (χ1v) is 18.5. The number of hydrogen-bond donors (Lipinski definition) is 0. The van der Waals surface area contributed by atoms with Crippen molar-refractivity contribution in [1.82, 2.24) is 19.1 Å². The summed E-state index contributed by atoms with van der Waals surface area (Å²) in [7, 11) is 3.52. The summed E-state index contributed by atoms with van der Waals surface area (Å²) in [5.74, 6) is -1.76. The van der Waals surface area contributed by atoms with E-state index in [1.165, 1.54) is 12.4 Å². The molecule has 21 heteroatoms. The molecule has 55 heavy (non-hydrogen) atoms. The Hall–Kier alpha value is -2.82. The van der Waals surface area contributed by atoms with Crippen LogP contribution in [0.4, 0.5) is 0 Å². The summed E-state index contributed by atoms with van der Waals surface area (Å²) in [6.07, 6.45) is 6.20. The topological polar surface area (TPSA) is 208 Å². The largest absolute Gasteiger partial charge is 0.618 e. The maximum atomic E-state index is 12.3. The van der Waals surface area contributed by atoms with Gasteiger partial charge in [-0.05, 0) is 0 Å². The number of nitrogens with zero attached hydrogens (tertiary/aromatic N) is 8. The van der Waals surface area contributed by atoms with Gasteiger partial charge in [0.15, 0.2) is 0 Å². The quantitative estimate of drug-likeness (QED) is 0.179. The van der Waals surface area contributed by atoms with E-state index in [2.05, 4.69) is 9.97 Å². The third-order valence-electron chi connectivity index (χ3n) is 9.11. The number of carboxylic acid groups (broad SMARTS) is 2. The van der Waals surface area contributed by atoms with Crippen LogP contribution in [-0.2, 0) is 40.8 Å². The van der Waals surface area contributed by atoms with Crippen LogP contribution in [0.15, 0.2) is 25.0 Å². The van der Waals surface area contributed by atoms with Crippen LogP contribution >= 0.6 is 46.4 Å². The molecule has 2 aromatic rings. The minimum Gasteiger partial charge on any atom is -0.618 e. The summed E-state index contributed by atoms with van der Waals surface area (Å²) >= 11 is 19.1. The first kappa shape index (κ1) is 56.5. The number of rotatable bonds is 2. The molecular weight excluding hydrogens is 854 g/mol. The minimum atomic E-state index is -1.01. The molecule has 0 saturated heterocycles. The monoisotopic (exact) mass is 907 g/mol. The smallest absolute Gasteiger partial charge is 0.523 e. The molecule has 2 aliphatic heterocycles. The minimum absolute atomic E-state index is 0. The molecule has 1 radical (unpaired) electrons. The van der Waals surface area contributed by atoms with Gasteiger partial charge in [-0.2, -0.15) is 0 Å². The normalized spacial score (nSPS) is 17.3. The first-order chi connectivity index (χ1) is 24.1. The van der Waals surface area contributed by atoms with Crippen LogP contribution in [0.5, 0.6) is 0 Å². The van der Waals surface area contributed by atoms with Gasteiger partial charge in [0.2, 0.25) is 22.5 Å². The summed E-state index contributed by atoms with van der Waals surface area (Å²) in [4.78, 5) is 52.3. The second-order valence-electron chi connectivity index (χ2n) is 16.1. The van der Waals surface area contributed by atoms with Gasteiger partial charge in [-0.3, -0.25) is 0 Å². The van der Waals surface area contributed by atoms with Gasteiger partial charge < -0.3 is 39.4 Å². The van der Waals surface area contributed by atoms with Crippen molar-refractivity contribution in [2.75, 3.05) is 10.7 Å². The van der Waals surface area contributed by atoms with Gasteiger partial charge in [-0.25, -0.2) is 9.97 Å². The van der Waals surface area contributed by atoms with E-state index in [1.54, 1.807) is 133 Å². The van der Waals surface area contributed by atoms with Crippen molar-refractivity contribution in [2.45, 2.75) is 119 Å². The molecule has 16 nitrogen and oxygen atoms in total. The van der Waals surface area contributed by atoms with Crippen LogP contribution < -0.4 is 10.2 Å². The van der Waals surface area contributed by atoms with Crippen LogP contribution in [0.2, 0.25) is 0 Å². The Bertz CT molecular complexity index is 1570. The number of carbonyl (C=O) groups is 2. The molecule has 0 spiro atoms. The molecule has 0 fully saturated rings. The summed E-state index contributed by atoms with van der Waals surface area (Å²) < 4.78 is 6.49. The van der Waals surface area contributed by atoms with Crippen molar-refractivity contribution >= 4 is 70.0 Å². The second-order valence-corrected chi connectivity index (χ2v) is 17.7. The van der Waals surface area contributed by atoms with Crippen molar-refractivity contribution in [2.24, 2.45) is 24.9 Å². The number of amidine groups is 2. The molecule has 319 valence electrons. The summed E-state index contributed by atoms with van der Waals surface area (Å²) in [6.45, 7) is 23.8. The number of hydroxylamine groups is 2. The van der Waals surface area contributed by atoms with E-state index in [0.717, 1.165) is 19.0 Å². The van der Waals surface area contributed by atoms with E-state index in [1.807, 2.05) is 0 Å². The Morgan fingerprint density at radius 1 is 0.618 bits per heavy atom. The van der Waals surface area contributed by atoms with Crippen molar-refractivity contribution in [3.8, 4) is 0 Å². The summed E-state index contributed by atoms with van der Waals surface area (Å²) in [6, 6.07) is 0. The molecule has 0 aliphatic carbocycles. The van der Waals surface area contributed by atoms with Crippen LogP contribution in [-0.4, -0.2) is 94.5 Å². The molecule has 2 aromatic heterocycles. The number of nitroso groups, excluding NO2 is 2. The fraction of sp³-hybridized carbons (Fsp3) is 0.706. The number of aliphatic carboxylic acids is 2. The van der Waals surface area contributed by atoms with Crippen molar-refractivity contribution < 1.29 is 55.9 Å². The molecule has 4 heterocycles. The Morgan fingerprint density at radius 2 is 0.818 bits per heavy atom. The van der Waals surface area contributed by atoms with E-state index >= 15 is 0 Å². The zero-order valence-corrected chi connectivity index (χ0v) is 38.3. The Labute approximate surface area is 354 Å². The average Bonchev–Trinajstić information content (AvgIpc) is 3.69. The summed E-state index contributed by atoms with van der Waals surface area (Å²) in [5, 5.41) is 44.8. The Kier molecular flexibility index (Phi) is 22.2. The number of imidazole rings is 2. The summed E-state index contributed by atoms with van der Waals surface area (Å²) in [5.41, 5.74) is -3.45. The van der Waals surface area contributed by atoms with Crippen molar-refractivity contribution in [3.05, 3.63) is 56.7 Å². The molecule has 0 bridgehead atoms. The van der Waals surface area contributed by atoms with Crippen molar-refractivity contribution in [1.29, 1.82) is 0 Å². The van der Waals surface area contributed by atoms with Gasteiger partial charge in [0, 0.05) is 119 Å². The third kappa shape index (κ3) is 13.7. The molecule has 0 saturated carbocycles. The van der Waals surface area contributed by atoms with E-state index in [0.29, 0.717) is 11.4 Å². The predicted octanol–water partition coefficient (Wildman–Crippen LogP) is 4.46. The zero-order chi connectivity index (χ0) is 43.6. The van der Waals surface area contributed by atoms with Crippen LogP contribution in [0.3, 0.4) is 0 Å². The fourth-order valence-electron chi connectivity index (χ4n) is 3.78. The number of aromatic nitrogens is 4. The van der Waals surface area contributed by atoms with E-state index < -0.39 is 44.9 Å².